The summed E-state index contributed by atoms with van der Waals surface area (Å²) >= 11 is 0. The van der Waals surface area contributed by atoms with Gasteiger partial charge in [-0.05, 0) is 73.3 Å². The quantitative estimate of drug-likeness (QED) is 0.808. The monoisotopic (exact) mass is 285 g/mol. The Kier molecular flexibility index (Phi) is 6.76. The Morgan fingerprint density at radius 3 is 2.50 bits per heavy atom. The van der Waals surface area contributed by atoms with Crippen molar-refractivity contribution in [2.45, 2.75) is 39.2 Å². The summed E-state index contributed by atoms with van der Waals surface area (Å²) in [5, 5.41) is 3.35. The van der Waals surface area contributed by atoms with E-state index in [1.165, 1.54) is 0 Å². The van der Waals surface area contributed by atoms with E-state index in [2.05, 4.69) is 24.3 Å². The van der Waals surface area contributed by atoms with E-state index in [1.54, 1.807) is 0 Å². The van der Waals surface area contributed by atoms with Gasteiger partial charge in [-0.3, -0.25) is 0 Å². The van der Waals surface area contributed by atoms with Gasteiger partial charge in [0.25, 0.3) is 0 Å². The number of amides is 1. The van der Waals surface area contributed by atoms with Gasteiger partial charge in [0.1, 0.15) is 5.60 Å². The molecule has 1 amide bonds. The van der Waals surface area contributed by atoms with Crippen LogP contribution in [-0.2, 0) is 4.74 Å². The SMILES string of the molecule is CN(C)CCCN(CC1CCNC1)C(=O)OC(C)(C)C. The molecule has 0 spiro atoms. The number of nitrogens with one attached hydrogen (secondary N) is 1. The lowest BCUT2D eigenvalue weighted by Crippen LogP contribution is -2.41. The average Bonchev–Trinajstić information content (AvgIpc) is 2.77. The van der Waals surface area contributed by atoms with Gasteiger partial charge in [-0.1, -0.05) is 0 Å². The summed E-state index contributed by atoms with van der Waals surface area (Å²) in [7, 11) is 4.11. The average molecular weight is 285 g/mol. The predicted molar refractivity (Wildman–Crippen MR) is 82.0 cm³/mol. The topological polar surface area (TPSA) is 44.8 Å². The molecule has 1 rings (SSSR count). The zero-order chi connectivity index (χ0) is 15.2. The highest BCUT2D eigenvalue weighted by molar-refractivity contribution is 5.68. The fraction of sp³-hybridized carbons (Fsp3) is 0.933. The molecule has 1 N–H and O–H groups in total. The van der Waals surface area contributed by atoms with Crippen LogP contribution < -0.4 is 5.32 Å². The molecule has 0 aromatic heterocycles. The van der Waals surface area contributed by atoms with Crippen molar-refractivity contribution in [3.8, 4) is 0 Å². The Hall–Kier alpha value is -0.810. The molecular formula is C15H31N3O2. The summed E-state index contributed by atoms with van der Waals surface area (Å²) in [4.78, 5) is 16.3. The fourth-order valence-corrected chi connectivity index (χ4v) is 2.34. The van der Waals surface area contributed by atoms with E-state index in [0.29, 0.717) is 5.92 Å². The van der Waals surface area contributed by atoms with Gasteiger partial charge >= 0.3 is 6.09 Å². The van der Waals surface area contributed by atoms with Gasteiger partial charge in [-0.15, -0.1) is 0 Å². The molecule has 1 saturated heterocycles. The third-order valence-electron chi connectivity index (χ3n) is 3.33. The molecule has 0 radical (unpaired) electrons. The van der Waals surface area contributed by atoms with Crippen molar-refractivity contribution in [3.63, 3.8) is 0 Å². The number of carbonyl (C=O) groups excluding carboxylic acids is 1. The van der Waals surface area contributed by atoms with Crippen LogP contribution in [0.4, 0.5) is 4.79 Å². The van der Waals surface area contributed by atoms with E-state index in [0.717, 1.165) is 45.6 Å². The lowest BCUT2D eigenvalue weighted by Gasteiger charge is -2.29. The van der Waals surface area contributed by atoms with Crippen LogP contribution >= 0.6 is 0 Å². The number of hydrogen-bond donors (Lipinski definition) is 1. The number of nitrogens with zero attached hydrogens (tertiary/aromatic N) is 2. The van der Waals surface area contributed by atoms with Crippen molar-refractivity contribution in [1.82, 2.24) is 15.1 Å². The molecule has 0 aromatic carbocycles. The smallest absolute Gasteiger partial charge is 0.410 e. The van der Waals surface area contributed by atoms with Gasteiger partial charge in [0.05, 0.1) is 0 Å². The maximum Gasteiger partial charge on any atom is 0.410 e. The molecule has 20 heavy (non-hydrogen) atoms. The van der Waals surface area contributed by atoms with Crippen LogP contribution in [0.5, 0.6) is 0 Å². The molecule has 1 aliphatic rings. The van der Waals surface area contributed by atoms with Crippen LogP contribution in [0.25, 0.3) is 0 Å². The van der Waals surface area contributed by atoms with Crippen molar-refractivity contribution in [3.05, 3.63) is 0 Å². The van der Waals surface area contributed by atoms with Crippen LogP contribution in [-0.4, -0.2) is 68.3 Å². The lowest BCUT2D eigenvalue weighted by molar-refractivity contribution is 0.0219. The highest BCUT2D eigenvalue weighted by Crippen LogP contribution is 2.14. The standard InChI is InChI=1S/C15H31N3O2/c1-15(2,3)20-14(19)18(10-6-9-17(4)5)12-13-7-8-16-11-13/h13,16H,6-12H2,1-5H3. The summed E-state index contributed by atoms with van der Waals surface area (Å²) in [6, 6.07) is 0. The van der Waals surface area contributed by atoms with Crippen molar-refractivity contribution < 1.29 is 9.53 Å². The van der Waals surface area contributed by atoms with Gasteiger partial charge in [-0.25, -0.2) is 4.79 Å². The normalized spacial score (nSPS) is 19.4. The van der Waals surface area contributed by atoms with E-state index < -0.39 is 5.60 Å². The molecule has 1 fully saturated rings. The number of hydrogen-bond acceptors (Lipinski definition) is 4. The second-order valence-corrected chi connectivity index (χ2v) is 6.94. The molecule has 0 saturated carbocycles. The van der Waals surface area contributed by atoms with Crippen LogP contribution in [0.3, 0.4) is 0 Å². The van der Waals surface area contributed by atoms with E-state index >= 15 is 0 Å². The molecule has 1 atom stereocenters. The van der Waals surface area contributed by atoms with Crippen LogP contribution in [0.15, 0.2) is 0 Å². The van der Waals surface area contributed by atoms with Gasteiger partial charge < -0.3 is 19.9 Å². The summed E-state index contributed by atoms with van der Waals surface area (Å²) in [6.45, 7) is 10.4. The largest absolute Gasteiger partial charge is 0.444 e. The Balaban J connectivity index is 2.50. The minimum Gasteiger partial charge on any atom is -0.444 e. The molecule has 0 aromatic rings. The second-order valence-electron chi connectivity index (χ2n) is 6.94. The third-order valence-corrected chi connectivity index (χ3v) is 3.33. The van der Waals surface area contributed by atoms with Gasteiger partial charge in [0, 0.05) is 13.1 Å². The minimum absolute atomic E-state index is 0.178. The molecule has 5 heteroatoms. The Morgan fingerprint density at radius 1 is 1.30 bits per heavy atom. The minimum atomic E-state index is -0.426. The lowest BCUT2D eigenvalue weighted by atomic mass is 10.1. The van der Waals surface area contributed by atoms with E-state index in [9.17, 15) is 4.79 Å². The number of carbonyl (C=O) groups is 1. The van der Waals surface area contributed by atoms with Crippen LogP contribution in [0.2, 0.25) is 0 Å². The zero-order valence-corrected chi connectivity index (χ0v) is 13.7. The molecule has 5 nitrogen and oxygen atoms in total. The maximum absolute atomic E-state index is 12.3. The first-order valence-corrected chi connectivity index (χ1v) is 7.61. The summed E-state index contributed by atoms with van der Waals surface area (Å²) in [5.41, 5.74) is -0.426. The molecule has 0 bridgehead atoms. The maximum atomic E-state index is 12.3. The first-order chi connectivity index (χ1) is 9.28. The molecule has 1 unspecified atom stereocenters. The summed E-state index contributed by atoms with van der Waals surface area (Å²) < 4.78 is 5.52. The Morgan fingerprint density at radius 2 is 2.00 bits per heavy atom. The van der Waals surface area contributed by atoms with E-state index in [4.69, 9.17) is 4.74 Å². The summed E-state index contributed by atoms with van der Waals surface area (Å²) in [5.74, 6) is 0.557. The van der Waals surface area contributed by atoms with Crippen molar-refractivity contribution >= 4 is 6.09 Å². The third kappa shape index (κ3) is 7.10. The first kappa shape index (κ1) is 17.2. The van der Waals surface area contributed by atoms with E-state index in [-0.39, 0.29) is 6.09 Å². The van der Waals surface area contributed by atoms with Gasteiger partial charge in [-0.2, -0.15) is 0 Å². The molecule has 118 valence electrons. The zero-order valence-electron chi connectivity index (χ0n) is 13.7. The van der Waals surface area contributed by atoms with Crippen molar-refractivity contribution in [1.29, 1.82) is 0 Å². The Bertz CT molecular complexity index is 294. The summed E-state index contributed by atoms with van der Waals surface area (Å²) in [6.07, 6.45) is 1.95. The molecule has 1 aliphatic heterocycles. The number of ether oxygens (including phenoxy) is 1. The predicted octanol–water partition coefficient (Wildman–Crippen LogP) is 1.78. The van der Waals surface area contributed by atoms with Crippen molar-refractivity contribution in [2.75, 3.05) is 46.8 Å². The van der Waals surface area contributed by atoms with Crippen LogP contribution in [0, 0.1) is 5.92 Å². The highest BCUT2D eigenvalue weighted by atomic mass is 16.6. The fourth-order valence-electron chi connectivity index (χ4n) is 2.34. The molecule has 1 heterocycles. The number of rotatable bonds is 6. The van der Waals surface area contributed by atoms with E-state index in [1.807, 2.05) is 25.7 Å². The van der Waals surface area contributed by atoms with Crippen molar-refractivity contribution in [2.24, 2.45) is 5.92 Å². The van der Waals surface area contributed by atoms with Gasteiger partial charge in [0.15, 0.2) is 0 Å². The van der Waals surface area contributed by atoms with Crippen LogP contribution in [0.1, 0.15) is 33.6 Å². The van der Waals surface area contributed by atoms with Gasteiger partial charge in [0.2, 0.25) is 0 Å². The molecular weight excluding hydrogens is 254 g/mol. The highest BCUT2D eigenvalue weighted by Gasteiger charge is 2.25. The first-order valence-electron chi connectivity index (χ1n) is 7.61. The Labute approximate surface area is 123 Å². The molecule has 0 aliphatic carbocycles. The second kappa shape index (κ2) is 7.84.